The molecular formula is C22H21ClO2. The number of carbonyl (C=O) groups is 1. The Morgan fingerprint density at radius 3 is 2.48 bits per heavy atom. The van der Waals surface area contributed by atoms with Crippen LogP contribution in [0.2, 0.25) is 5.02 Å². The standard InChI is InChI=1S/C22H21ClO2/c1-12-3-4-14(18-8-7-17(23)9-13(18)2)11-19(12)20-21(24)15-5-6-16(10-15)22(20)25/h3-4,7-9,11,15-16,24H,5-6,10H2,1-2H3. The van der Waals surface area contributed by atoms with Crippen molar-refractivity contribution in [2.24, 2.45) is 11.8 Å². The van der Waals surface area contributed by atoms with Crippen LogP contribution in [0.5, 0.6) is 0 Å². The highest BCUT2D eigenvalue weighted by Crippen LogP contribution is 2.46. The first-order valence-electron chi connectivity index (χ1n) is 8.80. The smallest absolute Gasteiger partial charge is 0.169 e. The van der Waals surface area contributed by atoms with Crippen LogP contribution in [0.4, 0.5) is 0 Å². The van der Waals surface area contributed by atoms with E-state index in [-0.39, 0.29) is 17.6 Å². The second kappa shape index (κ2) is 6.03. The minimum Gasteiger partial charge on any atom is -0.511 e. The van der Waals surface area contributed by atoms with Gasteiger partial charge >= 0.3 is 0 Å². The number of aryl methyl sites for hydroxylation is 2. The Bertz CT molecular complexity index is 910. The summed E-state index contributed by atoms with van der Waals surface area (Å²) in [5.41, 5.74) is 5.66. The van der Waals surface area contributed by atoms with Crippen molar-refractivity contribution in [2.45, 2.75) is 33.1 Å². The molecule has 2 unspecified atom stereocenters. The van der Waals surface area contributed by atoms with E-state index >= 15 is 0 Å². The number of allylic oxidation sites excluding steroid dienone is 2. The number of hydrogen-bond acceptors (Lipinski definition) is 2. The quantitative estimate of drug-likeness (QED) is 0.731. The summed E-state index contributed by atoms with van der Waals surface area (Å²) < 4.78 is 0. The van der Waals surface area contributed by atoms with E-state index in [9.17, 15) is 9.90 Å². The van der Waals surface area contributed by atoms with E-state index in [0.717, 1.165) is 47.1 Å². The Hall–Kier alpha value is -2.06. The molecule has 128 valence electrons. The van der Waals surface area contributed by atoms with Gasteiger partial charge in [0.2, 0.25) is 0 Å². The van der Waals surface area contributed by atoms with Gasteiger partial charge in [-0.3, -0.25) is 4.79 Å². The van der Waals surface area contributed by atoms with Crippen molar-refractivity contribution in [3.8, 4) is 11.1 Å². The molecule has 1 fully saturated rings. The maximum atomic E-state index is 12.9. The van der Waals surface area contributed by atoms with Crippen LogP contribution < -0.4 is 0 Å². The molecule has 25 heavy (non-hydrogen) atoms. The van der Waals surface area contributed by atoms with Crippen LogP contribution in [0.25, 0.3) is 16.7 Å². The van der Waals surface area contributed by atoms with E-state index in [1.807, 2.05) is 44.2 Å². The number of ketones is 1. The molecule has 3 heteroatoms. The molecule has 0 aliphatic heterocycles. The van der Waals surface area contributed by atoms with E-state index in [0.29, 0.717) is 16.4 Å². The minimum absolute atomic E-state index is 0.0798. The summed E-state index contributed by atoms with van der Waals surface area (Å²) in [6.45, 7) is 4.03. The second-order valence-electron chi connectivity index (χ2n) is 7.32. The Morgan fingerprint density at radius 2 is 1.72 bits per heavy atom. The van der Waals surface area contributed by atoms with Gasteiger partial charge in [0, 0.05) is 16.9 Å². The van der Waals surface area contributed by atoms with Crippen LogP contribution in [-0.2, 0) is 4.79 Å². The lowest BCUT2D eigenvalue weighted by Gasteiger charge is -2.23. The van der Waals surface area contributed by atoms with E-state index < -0.39 is 0 Å². The number of benzene rings is 2. The summed E-state index contributed by atoms with van der Waals surface area (Å²) in [5.74, 6) is 0.639. The van der Waals surface area contributed by atoms with Crippen LogP contribution >= 0.6 is 11.6 Å². The van der Waals surface area contributed by atoms with Crippen molar-refractivity contribution in [3.63, 3.8) is 0 Å². The molecule has 0 amide bonds. The molecule has 0 aromatic heterocycles. The normalized spacial score (nSPS) is 22.6. The number of carbonyl (C=O) groups excluding carboxylic acids is 1. The number of rotatable bonds is 2. The molecule has 2 nitrogen and oxygen atoms in total. The number of Topliss-reactive ketones (excluding diaryl/α,β-unsaturated/α-hetero) is 1. The molecule has 0 saturated heterocycles. The Kier molecular flexibility index (Phi) is 3.96. The lowest BCUT2D eigenvalue weighted by Crippen LogP contribution is -2.21. The molecule has 0 heterocycles. The van der Waals surface area contributed by atoms with Crippen LogP contribution in [0.15, 0.2) is 42.2 Å². The maximum Gasteiger partial charge on any atom is 0.169 e. The molecule has 1 N–H and O–H groups in total. The summed E-state index contributed by atoms with van der Waals surface area (Å²) in [6, 6.07) is 12.0. The average molecular weight is 353 g/mol. The number of fused-ring (bicyclic) bond motifs is 2. The largest absolute Gasteiger partial charge is 0.511 e. The maximum absolute atomic E-state index is 12.9. The number of hydrogen-bond donors (Lipinski definition) is 1. The molecule has 2 atom stereocenters. The van der Waals surface area contributed by atoms with E-state index in [1.54, 1.807) is 0 Å². The van der Waals surface area contributed by atoms with Crippen molar-refractivity contribution in [1.82, 2.24) is 0 Å². The number of aliphatic hydroxyl groups excluding tert-OH is 1. The molecule has 1 saturated carbocycles. The van der Waals surface area contributed by atoms with Crippen LogP contribution in [0, 0.1) is 25.7 Å². The molecule has 2 aliphatic carbocycles. The third kappa shape index (κ3) is 2.69. The van der Waals surface area contributed by atoms with Crippen LogP contribution in [0.3, 0.4) is 0 Å². The fraction of sp³-hybridized carbons (Fsp3) is 0.318. The monoisotopic (exact) mass is 352 g/mol. The van der Waals surface area contributed by atoms with Gasteiger partial charge in [0.15, 0.2) is 5.78 Å². The van der Waals surface area contributed by atoms with Gasteiger partial charge < -0.3 is 5.11 Å². The molecule has 0 radical (unpaired) electrons. The summed E-state index contributed by atoms with van der Waals surface area (Å²) in [4.78, 5) is 12.9. The molecule has 0 spiro atoms. The number of aliphatic hydroxyl groups is 1. The zero-order chi connectivity index (χ0) is 17.7. The average Bonchev–Trinajstić information content (AvgIpc) is 3.02. The molecule has 2 aromatic rings. The highest BCUT2D eigenvalue weighted by molar-refractivity contribution is 6.30. The van der Waals surface area contributed by atoms with Crippen LogP contribution in [0.1, 0.15) is 36.0 Å². The predicted octanol–water partition coefficient (Wildman–Crippen LogP) is 5.89. The third-order valence-electron chi connectivity index (χ3n) is 5.70. The predicted molar refractivity (Wildman–Crippen MR) is 102 cm³/mol. The van der Waals surface area contributed by atoms with Gasteiger partial charge in [-0.2, -0.15) is 0 Å². The van der Waals surface area contributed by atoms with Gasteiger partial charge in [-0.15, -0.1) is 0 Å². The van der Waals surface area contributed by atoms with E-state index in [4.69, 9.17) is 11.6 Å². The Morgan fingerprint density at radius 1 is 0.960 bits per heavy atom. The topological polar surface area (TPSA) is 37.3 Å². The van der Waals surface area contributed by atoms with Gasteiger partial charge in [0.1, 0.15) is 5.76 Å². The highest BCUT2D eigenvalue weighted by atomic mass is 35.5. The van der Waals surface area contributed by atoms with Crippen molar-refractivity contribution < 1.29 is 9.90 Å². The third-order valence-corrected chi connectivity index (χ3v) is 5.93. The fourth-order valence-corrected chi connectivity index (χ4v) is 4.51. The second-order valence-corrected chi connectivity index (χ2v) is 7.76. The molecule has 4 rings (SSSR count). The Labute approximate surface area is 153 Å². The zero-order valence-electron chi connectivity index (χ0n) is 14.5. The molecule has 2 bridgehead atoms. The summed E-state index contributed by atoms with van der Waals surface area (Å²) in [7, 11) is 0. The lowest BCUT2D eigenvalue weighted by atomic mass is 9.81. The SMILES string of the molecule is Cc1ccc(-c2ccc(Cl)cc2C)cc1C1=C(O)C2CCC(C2)C1=O. The van der Waals surface area contributed by atoms with Crippen molar-refractivity contribution >= 4 is 23.0 Å². The fourth-order valence-electron chi connectivity index (χ4n) is 4.28. The Balaban J connectivity index is 1.86. The van der Waals surface area contributed by atoms with Crippen molar-refractivity contribution in [3.05, 3.63) is 63.9 Å². The first kappa shape index (κ1) is 16.4. The van der Waals surface area contributed by atoms with Gasteiger partial charge in [0.25, 0.3) is 0 Å². The van der Waals surface area contributed by atoms with Crippen molar-refractivity contribution in [2.75, 3.05) is 0 Å². The minimum atomic E-state index is 0.0798. The van der Waals surface area contributed by atoms with Gasteiger partial charge in [-0.05, 0) is 79.1 Å². The van der Waals surface area contributed by atoms with Crippen LogP contribution in [-0.4, -0.2) is 10.9 Å². The van der Waals surface area contributed by atoms with Gasteiger partial charge in [-0.25, -0.2) is 0 Å². The summed E-state index contributed by atoms with van der Waals surface area (Å²) >= 11 is 6.07. The summed E-state index contributed by atoms with van der Waals surface area (Å²) in [5, 5.41) is 11.4. The van der Waals surface area contributed by atoms with Gasteiger partial charge in [0.05, 0.1) is 5.57 Å². The van der Waals surface area contributed by atoms with E-state index in [2.05, 4.69) is 6.07 Å². The zero-order valence-corrected chi connectivity index (χ0v) is 15.2. The molecule has 2 aromatic carbocycles. The highest BCUT2D eigenvalue weighted by Gasteiger charge is 2.41. The summed E-state index contributed by atoms with van der Waals surface area (Å²) in [6.07, 6.45) is 2.62. The first-order chi connectivity index (χ1) is 12.0. The van der Waals surface area contributed by atoms with Crippen molar-refractivity contribution in [1.29, 1.82) is 0 Å². The lowest BCUT2D eigenvalue weighted by molar-refractivity contribution is -0.117. The molecule has 2 aliphatic rings. The number of halogens is 1. The molecular weight excluding hydrogens is 332 g/mol. The van der Waals surface area contributed by atoms with E-state index in [1.165, 1.54) is 0 Å². The first-order valence-corrected chi connectivity index (χ1v) is 9.18. The van der Waals surface area contributed by atoms with Gasteiger partial charge in [-0.1, -0.05) is 29.8 Å².